The van der Waals surface area contributed by atoms with Crippen LogP contribution in [0.1, 0.15) is 32.6 Å². The van der Waals surface area contributed by atoms with Crippen LogP contribution in [0.5, 0.6) is 0 Å². The molecule has 2 atom stereocenters. The summed E-state index contributed by atoms with van der Waals surface area (Å²) in [6.45, 7) is 3.92. The van der Waals surface area contributed by atoms with Gasteiger partial charge in [-0.05, 0) is 32.2 Å². The molecule has 0 aromatic heterocycles. The van der Waals surface area contributed by atoms with E-state index in [4.69, 9.17) is 22.7 Å². The molecule has 1 fully saturated rings. The second-order valence-electron chi connectivity index (χ2n) is 4.21. The Morgan fingerprint density at radius 2 is 2.27 bits per heavy atom. The monoisotopic (exact) mass is 230 g/mol. The summed E-state index contributed by atoms with van der Waals surface area (Å²) in [5.41, 5.74) is 5.60. The first-order chi connectivity index (χ1) is 7.17. The first-order valence-electron chi connectivity index (χ1n) is 5.72. The first-order valence-corrected chi connectivity index (χ1v) is 6.13. The van der Waals surface area contributed by atoms with Gasteiger partial charge in [-0.3, -0.25) is 4.90 Å². The average molecular weight is 230 g/mol. The van der Waals surface area contributed by atoms with E-state index < -0.39 is 0 Å². The lowest BCUT2D eigenvalue weighted by molar-refractivity contribution is 0.0333. The van der Waals surface area contributed by atoms with Crippen LogP contribution in [-0.4, -0.2) is 42.2 Å². The highest BCUT2D eigenvalue weighted by Crippen LogP contribution is 2.24. The minimum atomic E-state index is 0.421. The van der Waals surface area contributed by atoms with Crippen LogP contribution in [0.2, 0.25) is 0 Å². The molecule has 4 heteroatoms. The fourth-order valence-electron chi connectivity index (χ4n) is 2.37. The summed E-state index contributed by atoms with van der Waals surface area (Å²) in [7, 11) is 1.80. The minimum Gasteiger partial charge on any atom is -0.392 e. The lowest BCUT2D eigenvalue weighted by Crippen LogP contribution is -2.44. The number of hydrogen-bond donors (Lipinski definition) is 1. The van der Waals surface area contributed by atoms with Gasteiger partial charge < -0.3 is 10.5 Å². The fourth-order valence-corrected chi connectivity index (χ4v) is 2.53. The minimum absolute atomic E-state index is 0.421. The summed E-state index contributed by atoms with van der Waals surface area (Å²) in [4.78, 5) is 2.96. The molecule has 1 aliphatic rings. The molecule has 0 spiro atoms. The van der Waals surface area contributed by atoms with E-state index in [-0.39, 0.29) is 0 Å². The second-order valence-corrected chi connectivity index (χ2v) is 4.73. The van der Waals surface area contributed by atoms with E-state index in [0.29, 0.717) is 17.1 Å². The number of ether oxygens (including phenoxy) is 1. The van der Waals surface area contributed by atoms with E-state index >= 15 is 0 Å². The predicted molar refractivity (Wildman–Crippen MR) is 67.1 cm³/mol. The van der Waals surface area contributed by atoms with Crippen LogP contribution in [0, 0.1) is 0 Å². The second kappa shape index (κ2) is 6.40. The van der Waals surface area contributed by atoms with E-state index in [0.717, 1.165) is 19.5 Å². The van der Waals surface area contributed by atoms with Gasteiger partial charge in [0.25, 0.3) is 0 Å². The molecule has 3 nitrogen and oxygen atoms in total. The van der Waals surface area contributed by atoms with Crippen molar-refractivity contribution in [2.24, 2.45) is 5.73 Å². The van der Waals surface area contributed by atoms with Crippen molar-refractivity contribution >= 4 is 17.2 Å². The van der Waals surface area contributed by atoms with Crippen molar-refractivity contribution < 1.29 is 4.74 Å². The Labute approximate surface area is 98.0 Å². The zero-order valence-corrected chi connectivity index (χ0v) is 10.6. The van der Waals surface area contributed by atoms with Crippen molar-refractivity contribution in [1.82, 2.24) is 4.90 Å². The summed E-state index contributed by atoms with van der Waals surface area (Å²) < 4.78 is 5.43. The van der Waals surface area contributed by atoms with Gasteiger partial charge in [0.2, 0.25) is 0 Å². The highest BCUT2D eigenvalue weighted by atomic mass is 32.1. The molecule has 0 aromatic carbocycles. The number of hydrogen-bond acceptors (Lipinski definition) is 3. The van der Waals surface area contributed by atoms with Gasteiger partial charge in [0, 0.05) is 19.7 Å². The smallest absolute Gasteiger partial charge is 0.0870 e. The number of rotatable bonds is 5. The van der Waals surface area contributed by atoms with Crippen molar-refractivity contribution in [3.63, 3.8) is 0 Å². The van der Waals surface area contributed by atoms with E-state index in [1.165, 1.54) is 19.3 Å². The first kappa shape index (κ1) is 12.9. The van der Waals surface area contributed by atoms with Crippen LogP contribution in [-0.2, 0) is 4.74 Å². The molecule has 88 valence electrons. The van der Waals surface area contributed by atoms with Crippen molar-refractivity contribution in [3.05, 3.63) is 0 Å². The maximum absolute atomic E-state index is 5.60. The van der Waals surface area contributed by atoms with Crippen molar-refractivity contribution in [2.45, 2.75) is 44.8 Å². The number of methoxy groups -OCH3 is 1. The Morgan fingerprint density at radius 1 is 1.53 bits per heavy atom. The van der Waals surface area contributed by atoms with Gasteiger partial charge in [-0.25, -0.2) is 0 Å². The van der Waals surface area contributed by atoms with E-state index in [9.17, 15) is 0 Å². The number of nitrogens with zero attached hydrogens (tertiary/aromatic N) is 1. The molecule has 2 unspecified atom stereocenters. The number of nitrogens with two attached hydrogens (primary N) is 1. The third-order valence-corrected chi connectivity index (χ3v) is 3.34. The van der Waals surface area contributed by atoms with E-state index in [2.05, 4.69) is 11.8 Å². The Kier molecular flexibility index (Phi) is 5.50. The lowest BCUT2D eigenvalue weighted by atomic mass is 9.91. The van der Waals surface area contributed by atoms with E-state index in [1.54, 1.807) is 7.11 Å². The molecular formula is C11H22N2OS. The van der Waals surface area contributed by atoms with E-state index in [1.807, 2.05) is 0 Å². The Balaban J connectivity index is 2.47. The normalized spacial score (nSPS) is 26.9. The number of thiocarbonyl (C=S) groups is 1. The molecule has 0 heterocycles. The van der Waals surface area contributed by atoms with Crippen molar-refractivity contribution in [3.8, 4) is 0 Å². The lowest BCUT2D eigenvalue weighted by Gasteiger charge is -2.36. The highest BCUT2D eigenvalue weighted by molar-refractivity contribution is 7.80. The summed E-state index contributed by atoms with van der Waals surface area (Å²) >= 11 is 4.97. The zero-order valence-electron chi connectivity index (χ0n) is 9.74. The molecule has 1 aliphatic carbocycles. The molecule has 0 radical (unpaired) electrons. The van der Waals surface area contributed by atoms with Gasteiger partial charge in [-0.2, -0.15) is 0 Å². The SMILES string of the molecule is CCN(CC(N)=S)C1CCCC(OC)C1. The third kappa shape index (κ3) is 4.05. The summed E-state index contributed by atoms with van der Waals surface area (Å²) in [5, 5.41) is 0. The molecule has 0 bridgehead atoms. The van der Waals surface area contributed by atoms with Gasteiger partial charge in [-0.1, -0.05) is 19.1 Å². The maximum Gasteiger partial charge on any atom is 0.0870 e. The molecule has 2 N–H and O–H groups in total. The Bertz CT molecular complexity index is 211. The Morgan fingerprint density at radius 3 is 2.80 bits per heavy atom. The van der Waals surface area contributed by atoms with Gasteiger partial charge in [-0.15, -0.1) is 0 Å². The fraction of sp³-hybridized carbons (Fsp3) is 0.909. The summed E-state index contributed by atoms with van der Waals surface area (Å²) in [6.07, 6.45) is 5.22. The summed E-state index contributed by atoms with van der Waals surface area (Å²) in [6, 6.07) is 0.593. The van der Waals surface area contributed by atoms with Gasteiger partial charge in [0.15, 0.2) is 0 Å². The van der Waals surface area contributed by atoms with Crippen molar-refractivity contribution in [1.29, 1.82) is 0 Å². The molecule has 1 rings (SSSR count). The molecule has 1 saturated carbocycles. The molecular weight excluding hydrogens is 208 g/mol. The van der Waals surface area contributed by atoms with Crippen LogP contribution >= 0.6 is 12.2 Å². The highest BCUT2D eigenvalue weighted by Gasteiger charge is 2.25. The number of likely N-dealkylation sites (N-methyl/N-ethyl adjacent to an activating group) is 1. The predicted octanol–water partition coefficient (Wildman–Crippen LogP) is 1.55. The van der Waals surface area contributed by atoms with Crippen LogP contribution in [0.3, 0.4) is 0 Å². The largest absolute Gasteiger partial charge is 0.392 e. The molecule has 0 aromatic rings. The molecule has 0 saturated heterocycles. The van der Waals surface area contributed by atoms with Crippen LogP contribution < -0.4 is 5.73 Å². The van der Waals surface area contributed by atoms with Gasteiger partial charge >= 0.3 is 0 Å². The standard InChI is InChI=1S/C11H22N2OS/c1-3-13(8-11(12)15)9-5-4-6-10(7-9)14-2/h9-10H,3-8H2,1-2H3,(H2,12,15). The third-order valence-electron chi connectivity index (χ3n) is 3.21. The zero-order chi connectivity index (χ0) is 11.3. The topological polar surface area (TPSA) is 38.5 Å². The van der Waals surface area contributed by atoms with Crippen LogP contribution in [0.4, 0.5) is 0 Å². The maximum atomic E-state index is 5.60. The van der Waals surface area contributed by atoms with Crippen LogP contribution in [0.15, 0.2) is 0 Å². The van der Waals surface area contributed by atoms with Crippen molar-refractivity contribution in [2.75, 3.05) is 20.2 Å². The Hall–Kier alpha value is -0.190. The van der Waals surface area contributed by atoms with Gasteiger partial charge in [0.05, 0.1) is 11.1 Å². The average Bonchev–Trinajstić information content (AvgIpc) is 2.25. The quantitative estimate of drug-likeness (QED) is 0.727. The molecule has 15 heavy (non-hydrogen) atoms. The van der Waals surface area contributed by atoms with Crippen LogP contribution in [0.25, 0.3) is 0 Å². The van der Waals surface area contributed by atoms with Gasteiger partial charge in [0.1, 0.15) is 0 Å². The summed E-state index contributed by atoms with van der Waals surface area (Å²) in [5.74, 6) is 0. The molecule has 0 aliphatic heterocycles. The molecule has 0 amide bonds.